The Morgan fingerprint density at radius 3 is 2.59 bits per heavy atom. The molecule has 4 heteroatoms. The molecule has 0 spiro atoms. The van der Waals surface area contributed by atoms with Crippen molar-refractivity contribution in [1.82, 2.24) is 5.32 Å². The fourth-order valence-corrected chi connectivity index (χ4v) is 3.66. The van der Waals surface area contributed by atoms with E-state index >= 15 is 0 Å². The van der Waals surface area contributed by atoms with Gasteiger partial charge in [0, 0.05) is 12.5 Å². The van der Waals surface area contributed by atoms with Crippen LogP contribution in [0.15, 0.2) is 24.3 Å². The molecule has 0 aliphatic carbocycles. The van der Waals surface area contributed by atoms with Gasteiger partial charge in [0.2, 0.25) is 8.32 Å². The van der Waals surface area contributed by atoms with Gasteiger partial charge < -0.3 is 14.8 Å². The fourth-order valence-electron chi connectivity index (χ4n) is 2.61. The summed E-state index contributed by atoms with van der Waals surface area (Å²) in [5, 5.41) is 14.0. The van der Waals surface area contributed by atoms with Crippen LogP contribution in [0.25, 0.3) is 0 Å². The van der Waals surface area contributed by atoms with Gasteiger partial charge in [0.25, 0.3) is 0 Å². The van der Waals surface area contributed by atoms with Crippen molar-refractivity contribution in [3.05, 3.63) is 29.8 Å². The molecule has 1 fully saturated rings. The lowest BCUT2D eigenvalue weighted by Gasteiger charge is -2.37. The number of para-hydroxylation sites is 1. The van der Waals surface area contributed by atoms with Crippen molar-refractivity contribution < 1.29 is 9.53 Å². The van der Waals surface area contributed by atoms with Crippen LogP contribution in [0.1, 0.15) is 39.2 Å². The molecular formula is C18H31NO2Si. The first-order valence-electron chi connectivity index (χ1n) is 8.39. The smallest absolute Gasteiger partial charge is 0.250 e. The van der Waals surface area contributed by atoms with Crippen LogP contribution >= 0.6 is 0 Å². The topological polar surface area (TPSA) is 41.5 Å². The summed E-state index contributed by atoms with van der Waals surface area (Å²) in [6.45, 7) is 12.3. The number of hydrogen-bond donors (Lipinski definition) is 2. The first-order chi connectivity index (χ1) is 10.2. The summed E-state index contributed by atoms with van der Waals surface area (Å²) in [6, 6.07) is 8.40. The van der Waals surface area contributed by atoms with Crippen molar-refractivity contribution in [1.29, 1.82) is 0 Å². The van der Waals surface area contributed by atoms with Crippen molar-refractivity contribution in [3.8, 4) is 5.75 Å². The summed E-state index contributed by atoms with van der Waals surface area (Å²) in [7, 11) is -1.86. The molecule has 1 aromatic carbocycles. The third-order valence-electron chi connectivity index (χ3n) is 5.14. The molecule has 1 saturated heterocycles. The molecule has 2 rings (SSSR count). The maximum absolute atomic E-state index is 10.5. The van der Waals surface area contributed by atoms with E-state index in [1.165, 1.54) is 0 Å². The molecule has 0 radical (unpaired) electrons. The lowest BCUT2D eigenvalue weighted by Crippen LogP contribution is -2.44. The Morgan fingerprint density at radius 1 is 1.32 bits per heavy atom. The second-order valence-corrected chi connectivity index (χ2v) is 12.7. The number of aliphatic hydroxyl groups excluding tert-OH is 1. The maximum Gasteiger partial charge on any atom is 0.250 e. The van der Waals surface area contributed by atoms with Gasteiger partial charge >= 0.3 is 0 Å². The normalized spacial score (nSPS) is 20.9. The first kappa shape index (κ1) is 17.5. The summed E-state index contributed by atoms with van der Waals surface area (Å²) in [5.74, 6) is 0.950. The van der Waals surface area contributed by atoms with Crippen LogP contribution in [0.3, 0.4) is 0 Å². The Kier molecular flexibility index (Phi) is 5.36. The summed E-state index contributed by atoms with van der Waals surface area (Å²) >= 11 is 0. The highest BCUT2D eigenvalue weighted by Gasteiger charge is 2.39. The third kappa shape index (κ3) is 4.12. The maximum atomic E-state index is 10.5. The monoisotopic (exact) mass is 321 g/mol. The Hall–Kier alpha value is -0.843. The SMILES string of the molecule is CC(C)(C)[Si](C)(C)Oc1ccccc1C[C@@H](O)[C@@H]1CCCN1. The van der Waals surface area contributed by atoms with E-state index in [0.717, 1.165) is 30.7 Å². The van der Waals surface area contributed by atoms with Gasteiger partial charge in [-0.1, -0.05) is 39.0 Å². The molecule has 2 N–H and O–H groups in total. The summed E-state index contributed by atoms with van der Waals surface area (Å²) in [6.07, 6.45) is 2.53. The van der Waals surface area contributed by atoms with E-state index in [-0.39, 0.29) is 17.2 Å². The van der Waals surface area contributed by atoms with Gasteiger partial charge in [0.15, 0.2) is 0 Å². The zero-order valence-corrected chi connectivity index (χ0v) is 15.6. The summed E-state index contributed by atoms with van der Waals surface area (Å²) < 4.78 is 6.47. The molecule has 0 amide bonds. The van der Waals surface area contributed by atoms with E-state index < -0.39 is 8.32 Å². The van der Waals surface area contributed by atoms with Gasteiger partial charge in [-0.3, -0.25) is 0 Å². The molecule has 0 unspecified atom stereocenters. The third-order valence-corrected chi connectivity index (χ3v) is 9.48. The molecule has 0 saturated carbocycles. The molecule has 1 heterocycles. The molecule has 1 aliphatic heterocycles. The quantitative estimate of drug-likeness (QED) is 0.812. The number of aliphatic hydroxyl groups is 1. The predicted molar refractivity (Wildman–Crippen MR) is 95.0 cm³/mol. The van der Waals surface area contributed by atoms with Crippen LogP contribution in [0.2, 0.25) is 18.1 Å². The van der Waals surface area contributed by atoms with Crippen LogP contribution in [0.4, 0.5) is 0 Å². The largest absolute Gasteiger partial charge is 0.543 e. The van der Waals surface area contributed by atoms with E-state index in [9.17, 15) is 5.11 Å². The molecule has 2 atom stereocenters. The average molecular weight is 322 g/mol. The van der Waals surface area contributed by atoms with Crippen molar-refractivity contribution in [3.63, 3.8) is 0 Å². The van der Waals surface area contributed by atoms with Crippen LogP contribution in [0, 0.1) is 0 Å². The van der Waals surface area contributed by atoms with Crippen LogP contribution in [-0.2, 0) is 6.42 Å². The lowest BCUT2D eigenvalue weighted by atomic mass is 10.0. The first-order valence-corrected chi connectivity index (χ1v) is 11.3. The van der Waals surface area contributed by atoms with Crippen molar-refractivity contribution in [2.75, 3.05) is 6.54 Å². The van der Waals surface area contributed by atoms with E-state index in [0.29, 0.717) is 6.42 Å². The second-order valence-electron chi connectivity index (χ2n) is 7.94. The van der Waals surface area contributed by atoms with Crippen LogP contribution in [-0.4, -0.2) is 32.1 Å². The molecule has 1 aliphatic rings. The van der Waals surface area contributed by atoms with Crippen molar-refractivity contribution in [2.24, 2.45) is 0 Å². The minimum atomic E-state index is -1.86. The number of benzene rings is 1. The van der Waals surface area contributed by atoms with Crippen molar-refractivity contribution >= 4 is 8.32 Å². The zero-order chi connectivity index (χ0) is 16.4. The van der Waals surface area contributed by atoms with E-state index in [1.807, 2.05) is 18.2 Å². The molecule has 124 valence electrons. The van der Waals surface area contributed by atoms with Gasteiger partial charge in [-0.2, -0.15) is 0 Å². The molecule has 3 nitrogen and oxygen atoms in total. The molecule has 22 heavy (non-hydrogen) atoms. The highest BCUT2D eigenvalue weighted by Crippen LogP contribution is 2.38. The van der Waals surface area contributed by atoms with Crippen LogP contribution < -0.4 is 9.74 Å². The molecule has 1 aromatic rings. The lowest BCUT2D eigenvalue weighted by molar-refractivity contribution is 0.135. The standard InChI is InChI=1S/C18H31NO2Si/c1-18(2,3)22(4,5)21-17-11-7-6-9-14(17)13-16(20)15-10-8-12-19-15/h6-7,9,11,15-16,19-20H,8,10,12-13H2,1-5H3/t15-,16+/m0/s1. The average Bonchev–Trinajstić information content (AvgIpc) is 2.93. The van der Waals surface area contributed by atoms with Gasteiger partial charge in [0.1, 0.15) is 5.75 Å². The van der Waals surface area contributed by atoms with Crippen molar-refractivity contribution in [2.45, 2.75) is 70.3 Å². The number of rotatable bonds is 5. The molecule has 0 bridgehead atoms. The minimum Gasteiger partial charge on any atom is -0.543 e. The Morgan fingerprint density at radius 2 is 2.00 bits per heavy atom. The minimum absolute atomic E-state index is 0.172. The predicted octanol–water partition coefficient (Wildman–Crippen LogP) is 3.73. The fraction of sp³-hybridized carbons (Fsp3) is 0.667. The summed E-state index contributed by atoms with van der Waals surface area (Å²) in [5.41, 5.74) is 1.12. The van der Waals surface area contributed by atoms with E-state index in [1.54, 1.807) is 0 Å². The highest BCUT2D eigenvalue weighted by atomic mass is 28.4. The second kappa shape index (κ2) is 6.73. The van der Waals surface area contributed by atoms with E-state index in [2.05, 4.69) is 45.2 Å². The van der Waals surface area contributed by atoms with E-state index in [4.69, 9.17) is 4.43 Å². The van der Waals surface area contributed by atoms with Gasteiger partial charge in [-0.25, -0.2) is 0 Å². The Bertz CT molecular complexity index is 490. The Labute approximate surface area is 136 Å². The molecule has 0 aromatic heterocycles. The Balaban J connectivity index is 2.13. The number of nitrogens with one attached hydrogen (secondary N) is 1. The van der Waals surface area contributed by atoms with Gasteiger partial charge in [-0.15, -0.1) is 0 Å². The summed E-state index contributed by atoms with van der Waals surface area (Å²) in [4.78, 5) is 0. The number of hydrogen-bond acceptors (Lipinski definition) is 3. The zero-order valence-electron chi connectivity index (χ0n) is 14.6. The van der Waals surface area contributed by atoms with Crippen LogP contribution in [0.5, 0.6) is 5.75 Å². The van der Waals surface area contributed by atoms with Gasteiger partial charge in [0.05, 0.1) is 6.10 Å². The van der Waals surface area contributed by atoms with Gasteiger partial charge in [-0.05, 0) is 49.1 Å². The highest BCUT2D eigenvalue weighted by molar-refractivity contribution is 6.74. The molecular weight excluding hydrogens is 290 g/mol.